The number of alkyl halides is 1. The standard InChI is InChI=1S/C15H15Br/c1-12(16)11-13-7-9-15(10-8-13)14-5-3-2-4-6-14/h2-10,12H,11H2,1H3. The minimum absolute atomic E-state index is 0.537. The van der Waals surface area contributed by atoms with E-state index in [0.717, 1.165) is 6.42 Å². The lowest BCUT2D eigenvalue weighted by molar-refractivity contribution is 0.960. The third-order valence-corrected chi connectivity index (χ3v) is 2.90. The van der Waals surface area contributed by atoms with Gasteiger partial charge in [0.1, 0.15) is 0 Å². The van der Waals surface area contributed by atoms with Gasteiger partial charge in [-0.05, 0) is 23.1 Å². The zero-order chi connectivity index (χ0) is 11.4. The first-order chi connectivity index (χ1) is 7.75. The fourth-order valence-electron chi connectivity index (χ4n) is 1.79. The summed E-state index contributed by atoms with van der Waals surface area (Å²) in [6, 6.07) is 19.3. The van der Waals surface area contributed by atoms with Gasteiger partial charge in [0.25, 0.3) is 0 Å². The van der Waals surface area contributed by atoms with Crippen molar-refractivity contribution in [1.29, 1.82) is 0 Å². The lowest BCUT2D eigenvalue weighted by Crippen LogP contribution is -1.95. The summed E-state index contributed by atoms with van der Waals surface area (Å²) < 4.78 is 0. The second-order valence-electron chi connectivity index (χ2n) is 4.05. The normalized spacial score (nSPS) is 12.4. The van der Waals surface area contributed by atoms with Crippen LogP contribution >= 0.6 is 15.9 Å². The quantitative estimate of drug-likeness (QED) is 0.713. The van der Waals surface area contributed by atoms with Crippen LogP contribution in [0.5, 0.6) is 0 Å². The molecule has 2 rings (SSSR count). The van der Waals surface area contributed by atoms with E-state index in [4.69, 9.17) is 0 Å². The van der Waals surface area contributed by atoms with Gasteiger partial charge in [0.15, 0.2) is 0 Å². The molecule has 0 nitrogen and oxygen atoms in total. The lowest BCUT2D eigenvalue weighted by Gasteiger charge is -2.05. The van der Waals surface area contributed by atoms with Crippen molar-refractivity contribution in [2.75, 3.05) is 0 Å². The molecule has 0 bridgehead atoms. The predicted molar refractivity (Wildman–Crippen MR) is 74.0 cm³/mol. The molecule has 0 aliphatic carbocycles. The summed E-state index contributed by atoms with van der Waals surface area (Å²) in [5.41, 5.74) is 3.94. The Hall–Kier alpha value is -1.08. The molecule has 0 saturated carbocycles. The number of rotatable bonds is 3. The van der Waals surface area contributed by atoms with Crippen LogP contribution in [0.4, 0.5) is 0 Å². The first kappa shape index (κ1) is 11.4. The summed E-state index contributed by atoms with van der Waals surface area (Å²) in [5.74, 6) is 0. The highest BCUT2D eigenvalue weighted by Gasteiger charge is 2.00. The van der Waals surface area contributed by atoms with Gasteiger partial charge in [-0.1, -0.05) is 77.5 Å². The van der Waals surface area contributed by atoms with Crippen molar-refractivity contribution in [1.82, 2.24) is 0 Å². The SMILES string of the molecule is CC(Br)Cc1ccc(-c2ccccc2)cc1. The van der Waals surface area contributed by atoms with Gasteiger partial charge in [0, 0.05) is 4.83 Å². The van der Waals surface area contributed by atoms with Crippen LogP contribution in [0, 0.1) is 0 Å². The largest absolute Gasteiger partial charge is 0.0890 e. The van der Waals surface area contributed by atoms with E-state index in [1.807, 2.05) is 6.07 Å². The maximum atomic E-state index is 3.57. The zero-order valence-corrected chi connectivity index (χ0v) is 10.9. The molecule has 2 aromatic carbocycles. The molecule has 0 N–H and O–H groups in total. The average Bonchev–Trinajstić information content (AvgIpc) is 2.30. The molecule has 0 heterocycles. The molecule has 0 aliphatic rings. The van der Waals surface area contributed by atoms with Crippen LogP contribution in [0.1, 0.15) is 12.5 Å². The van der Waals surface area contributed by atoms with Crippen LogP contribution in [0.2, 0.25) is 0 Å². The Morgan fingerprint density at radius 2 is 1.44 bits per heavy atom. The number of hydrogen-bond donors (Lipinski definition) is 0. The Balaban J connectivity index is 2.20. The monoisotopic (exact) mass is 274 g/mol. The van der Waals surface area contributed by atoms with Crippen LogP contribution in [-0.4, -0.2) is 4.83 Å². The van der Waals surface area contributed by atoms with Gasteiger partial charge in [-0.15, -0.1) is 0 Å². The molecular formula is C15H15Br. The van der Waals surface area contributed by atoms with Crippen molar-refractivity contribution < 1.29 is 0 Å². The molecule has 82 valence electrons. The molecule has 0 amide bonds. The Bertz CT molecular complexity index is 429. The fourth-order valence-corrected chi connectivity index (χ4v) is 2.16. The van der Waals surface area contributed by atoms with Crippen molar-refractivity contribution in [3.8, 4) is 11.1 Å². The third-order valence-electron chi connectivity index (χ3n) is 2.58. The highest BCUT2D eigenvalue weighted by molar-refractivity contribution is 9.09. The summed E-state index contributed by atoms with van der Waals surface area (Å²) in [5, 5.41) is 0. The summed E-state index contributed by atoms with van der Waals surface area (Å²) in [6.07, 6.45) is 1.08. The molecule has 0 saturated heterocycles. The van der Waals surface area contributed by atoms with Crippen molar-refractivity contribution in [2.24, 2.45) is 0 Å². The Morgan fingerprint density at radius 3 is 2.00 bits per heavy atom. The van der Waals surface area contributed by atoms with Crippen LogP contribution in [-0.2, 0) is 6.42 Å². The lowest BCUT2D eigenvalue weighted by atomic mass is 10.0. The third kappa shape index (κ3) is 2.96. The van der Waals surface area contributed by atoms with E-state index in [9.17, 15) is 0 Å². The minimum Gasteiger partial charge on any atom is -0.0890 e. The predicted octanol–water partition coefficient (Wildman–Crippen LogP) is 4.68. The topological polar surface area (TPSA) is 0 Å². The second-order valence-corrected chi connectivity index (χ2v) is 5.61. The number of benzene rings is 2. The molecule has 1 atom stereocenters. The first-order valence-corrected chi connectivity index (χ1v) is 6.46. The highest BCUT2D eigenvalue weighted by Crippen LogP contribution is 2.20. The Labute approximate surface area is 105 Å². The van der Waals surface area contributed by atoms with E-state index in [1.165, 1.54) is 16.7 Å². The van der Waals surface area contributed by atoms with E-state index in [2.05, 4.69) is 71.4 Å². The first-order valence-electron chi connectivity index (χ1n) is 5.54. The van der Waals surface area contributed by atoms with E-state index < -0.39 is 0 Å². The van der Waals surface area contributed by atoms with Crippen LogP contribution in [0.3, 0.4) is 0 Å². The summed E-state index contributed by atoms with van der Waals surface area (Å²) >= 11 is 3.57. The number of hydrogen-bond acceptors (Lipinski definition) is 0. The van der Waals surface area contributed by atoms with Gasteiger partial charge in [0.05, 0.1) is 0 Å². The van der Waals surface area contributed by atoms with Gasteiger partial charge >= 0.3 is 0 Å². The van der Waals surface area contributed by atoms with E-state index in [-0.39, 0.29) is 0 Å². The second kappa shape index (κ2) is 5.31. The molecule has 16 heavy (non-hydrogen) atoms. The van der Waals surface area contributed by atoms with Crippen LogP contribution in [0.15, 0.2) is 54.6 Å². The molecular weight excluding hydrogens is 260 g/mol. The van der Waals surface area contributed by atoms with Gasteiger partial charge in [-0.25, -0.2) is 0 Å². The molecule has 2 aromatic rings. The summed E-state index contributed by atoms with van der Waals surface area (Å²) in [7, 11) is 0. The van der Waals surface area contributed by atoms with Crippen molar-refractivity contribution in [2.45, 2.75) is 18.2 Å². The van der Waals surface area contributed by atoms with Gasteiger partial charge < -0.3 is 0 Å². The average molecular weight is 275 g/mol. The minimum atomic E-state index is 0.537. The maximum absolute atomic E-state index is 3.57. The van der Waals surface area contributed by atoms with Gasteiger partial charge in [-0.3, -0.25) is 0 Å². The van der Waals surface area contributed by atoms with Crippen molar-refractivity contribution in [3.63, 3.8) is 0 Å². The van der Waals surface area contributed by atoms with Crippen LogP contribution < -0.4 is 0 Å². The van der Waals surface area contributed by atoms with E-state index >= 15 is 0 Å². The maximum Gasteiger partial charge on any atom is 0.0157 e. The molecule has 0 radical (unpaired) electrons. The summed E-state index contributed by atoms with van der Waals surface area (Å²) in [4.78, 5) is 0.537. The molecule has 0 aromatic heterocycles. The van der Waals surface area contributed by atoms with Crippen molar-refractivity contribution >= 4 is 15.9 Å². The molecule has 1 unspecified atom stereocenters. The molecule has 0 spiro atoms. The zero-order valence-electron chi connectivity index (χ0n) is 9.36. The van der Waals surface area contributed by atoms with E-state index in [0.29, 0.717) is 4.83 Å². The van der Waals surface area contributed by atoms with Gasteiger partial charge in [0.2, 0.25) is 0 Å². The Kier molecular flexibility index (Phi) is 3.79. The van der Waals surface area contributed by atoms with Gasteiger partial charge in [-0.2, -0.15) is 0 Å². The highest BCUT2D eigenvalue weighted by atomic mass is 79.9. The number of halogens is 1. The summed E-state index contributed by atoms with van der Waals surface area (Å²) in [6.45, 7) is 2.17. The molecule has 1 heteroatoms. The van der Waals surface area contributed by atoms with E-state index in [1.54, 1.807) is 0 Å². The fraction of sp³-hybridized carbons (Fsp3) is 0.200. The molecule has 0 fully saturated rings. The smallest absolute Gasteiger partial charge is 0.0157 e. The van der Waals surface area contributed by atoms with Crippen molar-refractivity contribution in [3.05, 3.63) is 60.2 Å². The Morgan fingerprint density at radius 1 is 0.875 bits per heavy atom. The van der Waals surface area contributed by atoms with Crippen LogP contribution in [0.25, 0.3) is 11.1 Å². The molecule has 0 aliphatic heterocycles.